The summed E-state index contributed by atoms with van der Waals surface area (Å²) in [6, 6.07) is 0. The number of hydrogen-bond acceptors (Lipinski definition) is 3. The fourth-order valence-electron chi connectivity index (χ4n) is 3.29. The van der Waals surface area contributed by atoms with Crippen LogP contribution in [0.5, 0.6) is 0 Å². The zero-order valence-electron chi connectivity index (χ0n) is 16.5. The lowest BCUT2D eigenvalue weighted by molar-refractivity contribution is 0.0512. The van der Waals surface area contributed by atoms with E-state index in [0.717, 1.165) is 50.5 Å². The number of halogens is 1. The summed E-state index contributed by atoms with van der Waals surface area (Å²) in [5.41, 5.74) is 0.0951. The van der Waals surface area contributed by atoms with Crippen molar-refractivity contribution in [2.75, 3.05) is 46.4 Å². The summed E-state index contributed by atoms with van der Waals surface area (Å²) in [5, 5.41) is 6.72. The van der Waals surface area contributed by atoms with Crippen molar-refractivity contribution in [3.63, 3.8) is 0 Å². The maximum Gasteiger partial charge on any atom is 0.191 e. The molecule has 0 aromatic carbocycles. The zero-order valence-corrected chi connectivity index (χ0v) is 18.9. The first kappa shape index (κ1) is 23.9. The summed E-state index contributed by atoms with van der Waals surface area (Å²) in [4.78, 5) is 7.43. The predicted molar refractivity (Wildman–Crippen MR) is 114 cm³/mol. The predicted octanol–water partition coefficient (Wildman–Crippen LogP) is 2.95. The van der Waals surface area contributed by atoms with Crippen molar-refractivity contribution >= 4 is 29.9 Å². The van der Waals surface area contributed by atoms with Crippen molar-refractivity contribution in [3.05, 3.63) is 0 Å². The number of aliphatic imine (C=N–C) groups is 1. The summed E-state index contributed by atoms with van der Waals surface area (Å²) >= 11 is 0. The van der Waals surface area contributed by atoms with Crippen LogP contribution >= 0.6 is 24.0 Å². The molecule has 0 amide bonds. The number of guanidine groups is 1. The van der Waals surface area contributed by atoms with Gasteiger partial charge in [-0.05, 0) is 45.4 Å². The molecule has 24 heavy (non-hydrogen) atoms. The summed E-state index contributed by atoms with van der Waals surface area (Å²) in [6.07, 6.45) is 2.34. The molecule has 1 fully saturated rings. The van der Waals surface area contributed by atoms with E-state index in [4.69, 9.17) is 9.73 Å². The molecule has 1 heterocycles. The van der Waals surface area contributed by atoms with Gasteiger partial charge in [-0.1, -0.05) is 13.8 Å². The van der Waals surface area contributed by atoms with Crippen molar-refractivity contribution in [3.8, 4) is 0 Å². The fraction of sp³-hybridized carbons (Fsp3) is 0.944. The van der Waals surface area contributed by atoms with Gasteiger partial charge in [0.15, 0.2) is 5.96 Å². The van der Waals surface area contributed by atoms with Gasteiger partial charge in [0, 0.05) is 45.4 Å². The normalized spacial score (nSPS) is 22.8. The molecule has 2 unspecified atom stereocenters. The van der Waals surface area contributed by atoms with Crippen molar-refractivity contribution in [2.24, 2.45) is 16.8 Å². The lowest BCUT2D eigenvalue weighted by atomic mass is 9.88. The first-order valence-electron chi connectivity index (χ1n) is 9.15. The molecule has 2 N–H and O–H groups in total. The van der Waals surface area contributed by atoms with E-state index in [1.54, 1.807) is 7.11 Å². The Morgan fingerprint density at radius 1 is 1.21 bits per heavy atom. The topological polar surface area (TPSA) is 48.9 Å². The molecule has 1 aliphatic rings. The average Bonchev–Trinajstić information content (AvgIpc) is 2.48. The van der Waals surface area contributed by atoms with Crippen LogP contribution in [0.25, 0.3) is 0 Å². The molecular weight excluding hydrogens is 415 g/mol. The van der Waals surface area contributed by atoms with E-state index < -0.39 is 0 Å². The SMILES string of the molecule is CCNC(=NCC(C)(C)N1CC(C)CC(C)C1)NCCCOC.I. The highest BCUT2D eigenvalue weighted by molar-refractivity contribution is 14.0. The Bertz CT molecular complexity index is 353. The maximum absolute atomic E-state index is 5.09. The van der Waals surface area contributed by atoms with Gasteiger partial charge in [-0.25, -0.2) is 0 Å². The molecule has 0 aromatic heterocycles. The van der Waals surface area contributed by atoms with Gasteiger partial charge >= 0.3 is 0 Å². The van der Waals surface area contributed by atoms with Gasteiger partial charge in [0.25, 0.3) is 0 Å². The van der Waals surface area contributed by atoms with E-state index in [2.05, 4.69) is 50.2 Å². The molecule has 0 saturated carbocycles. The third-order valence-corrected chi connectivity index (χ3v) is 4.51. The molecule has 1 saturated heterocycles. The summed E-state index contributed by atoms with van der Waals surface area (Å²) in [6.45, 7) is 17.2. The Morgan fingerprint density at radius 2 is 1.83 bits per heavy atom. The highest BCUT2D eigenvalue weighted by Gasteiger charge is 2.32. The van der Waals surface area contributed by atoms with Crippen LogP contribution in [-0.4, -0.2) is 62.8 Å². The minimum Gasteiger partial charge on any atom is -0.385 e. The van der Waals surface area contributed by atoms with Gasteiger partial charge in [-0.2, -0.15) is 0 Å². The summed E-state index contributed by atoms with van der Waals surface area (Å²) in [7, 11) is 1.74. The van der Waals surface area contributed by atoms with Crippen molar-refractivity contribution < 1.29 is 4.74 Å². The van der Waals surface area contributed by atoms with Gasteiger partial charge in [-0.3, -0.25) is 9.89 Å². The van der Waals surface area contributed by atoms with E-state index in [1.165, 1.54) is 19.5 Å². The van der Waals surface area contributed by atoms with E-state index in [9.17, 15) is 0 Å². The first-order valence-corrected chi connectivity index (χ1v) is 9.15. The molecule has 0 aromatic rings. The fourth-order valence-corrected chi connectivity index (χ4v) is 3.29. The lowest BCUT2D eigenvalue weighted by Gasteiger charge is -2.44. The highest BCUT2D eigenvalue weighted by atomic mass is 127. The van der Waals surface area contributed by atoms with Crippen molar-refractivity contribution in [2.45, 2.75) is 53.0 Å². The van der Waals surface area contributed by atoms with Gasteiger partial charge in [-0.15, -0.1) is 24.0 Å². The summed E-state index contributed by atoms with van der Waals surface area (Å²) in [5.74, 6) is 2.47. The number of nitrogens with zero attached hydrogens (tertiary/aromatic N) is 2. The van der Waals surface area contributed by atoms with Gasteiger partial charge in [0.2, 0.25) is 0 Å². The van der Waals surface area contributed by atoms with Gasteiger partial charge < -0.3 is 15.4 Å². The standard InChI is InChI=1S/C18H38N4O.HI/c1-7-19-17(20-9-8-10-23-6)21-14-18(4,5)22-12-15(2)11-16(3)13-22;/h15-16H,7-14H2,1-6H3,(H2,19,20,21);1H. The average molecular weight is 454 g/mol. The van der Waals surface area contributed by atoms with Crippen LogP contribution in [0, 0.1) is 11.8 Å². The number of ether oxygens (including phenoxy) is 1. The smallest absolute Gasteiger partial charge is 0.191 e. The Labute approximate surface area is 166 Å². The maximum atomic E-state index is 5.09. The van der Waals surface area contributed by atoms with Crippen LogP contribution in [0.2, 0.25) is 0 Å². The minimum absolute atomic E-state index is 0. The second kappa shape index (κ2) is 12.3. The number of rotatable bonds is 8. The molecule has 144 valence electrons. The van der Waals surface area contributed by atoms with Crippen LogP contribution < -0.4 is 10.6 Å². The molecule has 0 aliphatic carbocycles. The number of hydrogen-bond donors (Lipinski definition) is 2. The number of likely N-dealkylation sites (tertiary alicyclic amines) is 1. The quantitative estimate of drug-likeness (QED) is 0.256. The monoisotopic (exact) mass is 454 g/mol. The van der Waals surface area contributed by atoms with Crippen LogP contribution in [0.1, 0.15) is 47.5 Å². The molecule has 1 aliphatic heterocycles. The van der Waals surface area contributed by atoms with E-state index in [1.807, 2.05) is 0 Å². The molecular formula is C18H39IN4O. The Kier molecular flexibility index (Phi) is 12.3. The largest absolute Gasteiger partial charge is 0.385 e. The molecule has 0 bridgehead atoms. The van der Waals surface area contributed by atoms with Crippen LogP contribution in [0.15, 0.2) is 4.99 Å². The first-order chi connectivity index (χ1) is 10.9. The molecule has 6 heteroatoms. The molecule has 2 atom stereocenters. The number of nitrogens with one attached hydrogen (secondary N) is 2. The van der Waals surface area contributed by atoms with Crippen molar-refractivity contribution in [1.82, 2.24) is 15.5 Å². The summed E-state index contributed by atoms with van der Waals surface area (Å²) < 4.78 is 5.09. The molecule has 0 radical (unpaired) electrons. The van der Waals surface area contributed by atoms with Crippen LogP contribution in [0.4, 0.5) is 0 Å². The minimum atomic E-state index is 0. The number of methoxy groups -OCH3 is 1. The van der Waals surface area contributed by atoms with Crippen molar-refractivity contribution in [1.29, 1.82) is 0 Å². The second-order valence-corrected chi connectivity index (χ2v) is 7.63. The molecule has 5 nitrogen and oxygen atoms in total. The third kappa shape index (κ3) is 8.85. The van der Waals surface area contributed by atoms with E-state index in [0.29, 0.717) is 0 Å². The highest BCUT2D eigenvalue weighted by Crippen LogP contribution is 2.27. The number of piperidine rings is 1. The van der Waals surface area contributed by atoms with Gasteiger partial charge in [0.05, 0.1) is 6.54 Å². The zero-order chi connectivity index (χ0) is 17.3. The van der Waals surface area contributed by atoms with E-state index in [-0.39, 0.29) is 29.5 Å². The Morgan fingerprint density at radius 3 is 2.38 bits per heavy atom. The van der Waals surface area contributed by atoms with E-state index >= 15 is 0 Å². The Balaban J connectivity index is 0.00000529. The lowest BCUT2D eigenvalue weighted by Crippen LogP contribution is -2.53. The second-order valence-electron chi connectivity index (χ2n) is 7.63. The third-order valence-electron chi connectivity index (χ3n) is 4.51. The molecule has 0 spiro atoms. The molecule has 1 rings (SSSR count). The van der Waals surface area contributed by atoms with Gasteiger partial charge in [0.1, 0.15) is 0 Å². The van der Waals surface area contributed by atoms with Crippen LogP contribution in [0.3, 0.4) is 0 Å². The Hall–Kier alpha value is -0.0800. The van der Waals surface area contributed by atoms with Crippen LogP contribution in [-0.2, 0) is 4.74 Å².